The van der Waals surface area contributed by atoms with Crippen molar-refractivity contribution in [2.24, 2.45) is 0 Å². The van der Waals surface area contributed by atoms with Crippen molar-refractivity contribution in [1.82, 2.24) is 15.3 Å². The lowest BCUT2D eigenvalue weighted by Gasteiger charge is -2.11. The Morgan fingerprint density at radius 2 is 2.00 bits per heavy atom. The molecule has 0 saturated carbocycles. The van der Waals surface area contributed by atoms with Crippen LogP contribution in [-0.2, 0) is 11.2 Å². The van der Waals surface area contributed by atoms with E-state index in [2.05, 4.69) is 21.4 Å². The van der Waals surface area contributed by atoms with E-state index in [1.54, 1.807) is 6.20 Å². The summed E-state index contributed by atoms with van der Waals surface area (Å²) in [4.78, 5) is 19.7. The summed E-state index contributed by atoms with van der Waals surface area (Å²) in [5.74, 6) is 1.95. The number of hydrogen-bond acceptors (Lipinski definition) is 6. The van der Waals surface area contributed by atoms with Crippen molar-refractivity contribution >= 4 is 28.1 Å². The minimum atomic E-state index is -0.0164. The van der Waals surface area contributed by atoms with Gasteiger partial charge in [-0.25, -0.2) is 9.97 Å². The molecule has 0 aliphatic carbocycles. The maximum Gasteiger partial charge on any atom is 0.278 e. The molecule has 0 aliphatic heterocycles. The van der Waals surface area contributed by atoms with Crippen molar-refractivity contribution in [3.8, 4) is 22.6 Å². The number of aromatic nitrogens is 2. The first-order valence-electron chi connectivity index (χ1n) is 9.57. The zero-order valence-electron chi connectivity index (χ0n) is 16.7. The molecule has 2 heterocycles. The van der Waals surface area contributed by atoms with Gasteiger partial charge in [0.05, 0.1) is 5.52 Å². The van der Waals surface area contributed by atoms with Gasteiger partial charge < -0.3 is 14.8 Å². The fourth-order valence-corrected chi connectivity index (χ4v) is 3.53. The molecule has 0 unspecified atom stereocenters. The van der Waals surface area contributed by atoms with Crippen molar-refractivity contribution in [3.63, 3.8) is 0 Å². The lowest BCUT2D eigenvalue weighted by molar-refractivity contribution is -0.118. The van der Waals surface area contributed by atoms with Crippen LogP contribution in [0.1, 0.15) is 18.1 Å². The van der Waals surface area contributed by atoms with Gasteiger partial charge in [-0.1, -0.05) is 17.4 Å². The highest BCUT2D eigenvalue weighted by Crippen LogP contribution is 2.31. The molecule has 6 nitrogen and oxygen atoms in total. The number of benzene rings is 2. The number of hydrogen-bond donors (Lipinski definition) is 1. The van der Waals surface area contributed by atoms with Gasteiger partial charge in [-0.3, -0.25) is 4.79 Å². The highest BCUT2D eigenvalue weighted by molar-refractivity contribution is 7.11. The molecular weight excluding hydrogens is 398 g/mol. The van der Waals surface area contributed by atoms with Gasteiger partial charge in [-0.05, 0) is 60.9 Å². The largest absolute Gasteiger partial charge is 0.439 e. The predicted octanol–water partition coefficient (Wildman–Crippen LogP) is 5.26. The number of aryl methyl sites for hydroxylation is 1. The Kier molecular flexibility index (Phi) is 5.90. The number of ether oxygens (including phenoxy) is 2. The summed E-state index contributed by atoms with van der Waals surface area (Å²) in [5, 5.41) is 6.33. The normalized spacial score (nSPS) is 10.7. The standard InChI is InChI=1S/C23H21N3O3S/c1-15-13-19(28-23-25-11-12-30-23)5-7-21(15)29-22-8-4-18-14-17(3-6-20(18)26-22)9-10-24-16(2)27/h3-8,11-14H,9-10H2,1-2H3,(H,24,27). The Morgan fingerprint density at radius 1 is 1.10 bits per heavy atom. The van der Waals surface area contributed by atoms with E-state index in [0.717, 1.165) is 34.2 Å². The van der Waals surface area contributed by atoms with Gasteiger partial charge in [0.2, 0.25) is 11.8 Å². The molecule has 4 rings (SSSR count). The second-order valence-electron chi connectivity index (χ2n) is 6.84. The number of pyridine rings is 1. The Bertz CT molecular complexity index is 1180. The molecule has 30 heavy (non-hydrogen) atoms. The maximum absolute atomic E-state index is 11.0. The first-order chi connectivity index (χ1) is 14.6. The van der Waals surface area contributed by atoms with E-state index in [4.69, 9.17) is 9.47 Å². The molecule has 0 fully saturated rings. The third-order valence-electron chi connectivity index (χ3n) is 4.49. The van der Waals surface area contributed by atoms with Gasteiger partial charge in [0.25, 0.3) is 5.19 Å². The maximum atomic E-state index is 11.0. The number of amides is 1. The minimum absolute atomic E-state index is 0.0164. The average molecular weight is 420 g/mol. The van der Waals surface area contributed by atoms with E-state index in [1.807, 2.05) is 54.8 Å². The SMILES string of the molecule is CC(=O)NCCc1ccc2nc(Oc3ccc(Oc4nccs4)cc3C)ccc2c1. The summed E-state index contributed by atoms with van der Waals surface area (Å²) in [6.07, 6.45) is 2.49. The molecule has 1 N–H and O–H groups in total. The molecule has 0 radical (unpaired) electrons. The number of thiazole rings is 1. The van der Waals surface area contributed by atoms with Crippen LogP contribution in [0, 0.1) is 6.92 Å². The monoisotopic (exact) mass is 419 g/mol. The first-order valence-corrected chi connectivity index (χ1v) is 10.4. The van der Waals surface area contributed by atoms with Crippen LogP contribution in [0.4, 0.5) is 0 Å². The number of fused-ring (bicyclic) bond motifs is 1. The van der Waals surface area contributed by atoms with Crippen molar-refractivity contribution in [2.75, 3.05) is 6.54 Å². The summed E-state index contributed by atoms with van der Waals surface area (Å²) < 4.78 is 11.7. The van der Waals surface area contributed by atoms with E-state index in [-0.39, 0.29) is 5.91 Å². The molecule has 2 aromatic carbocycles. The number of carbonyl (C=O) groups is 1. The van der Waals surface area contributed by atoms with Crippen LogP contribution in [-0.4, -0.2) is 22.4 Å². The molecule has 0 atom stereocenters. The number of rotatable bonds is 7. The second-order valence-corrected chi connectivity index (χ2v) is 7.70. The average Bonchev–Trinajstić information content (AvgIpc) is 3.23. The Balaban J connectivity index is 1.46. The Morgan fingerprint density at radius 3 is 2.77 bits per heavy atom. The smallest absolute Gasteiger partial charge is 0.278 e. The number of carbonyl (C=O) groups excluding carboxylic acids is 1. The van der Waals surface area contributed by atoms with Crippen LogP contribution < -0.4 is 14.8 Å². The molecule has 0 aliphatic rings. The summed E-state index contributed by atoms with van der Waals surface area (Å²) >= 11 is 1.44. The molecule has 4 aromatic rings. The quantitative estimate of drug-likeness (QED) is 0.442. The Hall–Kier alpha value is -3.45. The summed E-state index contributed by atoms with van der Waals surface area (Å²) in [7, 11) is 0. The molecule has 0 saturated heterocycles. The van der Waals surface area contributed by atoms with Gasteiger partial charge in [-0.2, -0.15) is 0 Å². The van der Waals surface area contributed by atoms with E-state index in [9.17, 15) is 4.79 Å². The first kappa shape index (κ1) is 19.8. The molecule has 1 amide bonds. The molecule has 0 bridgehead atoms. The third-order valence-corrected chi connectivity index (χ3v) is 5.14. The van der Waals surface area contributed by atoms with E-state index in [0.29, 0.717) is 23.4 Å². The number of nitrogens with one attached hydrogen (secondary N) is 1. The summed E-state index contributed by atoms with van der Waals surface area (Å²) in [6, 6.07) is 15.6. The van der Waals surface area contributed by atoms with Gasteiger partial charge in [0.1, 0.15) is 11.5 Å². The topological polar surface area (TPSA) is 73.3 Å². The highest BCUT2D eigenvalue weighted by atomic mass is 32.1. The third kappa shape index (κ3) is 4.93. The molecule has 2 aromatic heterocycles. The van der Waals surface area contributed by atoms with Crippen molar-refractivity contribution in [3.05, 3.63) is 71.2 Å². The van der Waals surface area contributed by atoms with Crippen molar-refractivity contribution in [2.45, 2.75) is 20.3 Å². The van der Waals surface area contributed by atoms with Crippen LogP contribution in [0.3, 0.4) is 0 Å². The molecule has 0 spiro atoms. The van der Waals surface area contributed by atoms with E-state index >= 15 is 0 Å². The summed E-state index contributed by atoms with van der Waals surface area (Å²) in [5.41, 5.74) is 2.95. The van der Waals surface area contributed by atoms with E-state index < -0.39 is 0 Å². The molecule has 7 heteroatoms. The van der Waals surface area contributed by atoms with Crippen LogP contribution >= 0.6 is 11.3 Å². The van der Waals surface area contributed by atoms with Gasteiger partial charge in [0, 0.05) is 36.5 Å². The van der Waals surface area contributed by atoms with Crippen molar-refractivity contribution < 1.29 is 14.3 Å². The summed E-state index contributed by atoms with van der Waals surface area (Å²) in [6.45, 7) is 4.11. The fourth-order valence-electron chi connectivity index (χ4n) is 3.03. The highest BCUT2D eigenvalue weighted by Gasteiger charge is 2.08. The van der Waals surface area contributed by atoms with Crippen LogP contribution in [0.15, 0.2) is 60.1 Å². The van der Waals surface area contributed by atoms with E-state index in [1.165, 1.54) is 18.3 Å². The number of nitrogens with zero attached hydrogens (tertiary/aromatic N) is 2. The van der Waals surface area contributed by atoms with Crippen LogP contribution in [0.25, 0.3) is 10.9 Å². The van der Waals surface area contributed by atoms with Gasteiger partial charge >= 0.3 is 0 Å². The zero-order chi connectivity index (χ0) is 20.9. The minimum Gasteiger partial charge on any atom is -0.439 e. The molecule has 152 valence electrons. The van der Waals surface area contributed by atoms with Crippen LogP contribution in [0.5, 0.6) is 22.6 Å². The van der Waals surface area contributed by atoms with Gasteiger partial charge in [-0.15, -0.1) is 0 Å². The van der Waals surface area contributed by atoms with Gasteiger partial charge in [0.15, 0.2) is 0 Å². The Labute approximate surface area is 178 Å². The predicted molar refractivity (Wildman–Crippen MR) is 118 cm³/mol. The lowest BCUT2D eigenvalue weighted by Crippen LogP contribution is -2.22. The zero-order valence-corrected chi connectivity index (χ0v) is 17.5. The van der Waals surface area contributed by atoms with Crippen molar-refractivity contribution in [1.29, 1.82) is 0 Å². The van der Waals surface area contributed by atoms with Crippen LogP contribution in [0.2, 0.25) is 0 Å². The second kappa shape index (κ2) is 8.92. The fraction of sp³-hybridized carbons (Fsp3) is 0.174. The lowest BCUT2D eigenvalue weighted by atomic mass is 10.1. The molecular formula is C23H21N3O3S.